The number of hydrogen-bond acceptors (Lipinski definition) is 4. The summed E-state index contributed by atoms with van der Waals surface area (Å²) in [6.45, 7) is -0.0877. The van der Waals surface area contributed by atoms with Crippen molar-refractivity contribution in [2.24, 2.45) is 0 Å². The lowest BCUT2D eigenvalue weighted by Gasteiger charge is -1.98. The highest BCUT2D eigenvalue weighted by Gasteiger charge is 2.08. The Balaban J connectivity index is 1.79. The molecule has 0 amide bonds. The molecule has 0 saturated heterocycles. The van der Waals surface area contributed by atoms with Crippen LogP contribution in [0.15, 0.2) is 57.9 Å². The van der Waals surface area contributed by atoms with Crippen molar-refractivity contribution in [3.8, 4) is 22.6 Å². The summed E-state index contributed by atoms with van der Waals surface area (Å²) in [7, 11) is 0. The van der Waals surface area contributed by atoms with E-state index >= 15 is 0 Å². The predicted molar refractivity (Wildman–Crippen MR) is 82.1 cm³/mol. The van der Waals surface area contributed by atoms with Crippen LogP contribution in [0.1, 0.15) is 5.76 Å². The molecule has 21 heavy (non-hydrogen) atoms. The fourth-order valence-electron chi connectivity index (χ4n) is 2.30. The third-order valence-electron chi connectivity index (χ3n) is 3.37. The van der Waals surface area contributed by atoms with E-state index in [9.17, 15) is 0 Å². The van der Waals surface area contributed by atoms with Gasteiger partial charge >= 0.3 is 0 Å². The average Bonchev–Trinajstić information content (AvgIpc) is 3.24. The van der Waals surface area contributed by atoms with Crippen LogP contribution in [0.3, 0.4) is 0 Å². The average molecular weight is 296 g/mol. The molecule has 1 N–H and O–H groups in total. The molecule has 104 valence electrons. The number of nitrogens with zero attached hydrogens (tertiary/aromatic N) is 2. The van der Waals surface area contributed by atoms with Gasteiger partial charge in [0.25, 0.3) is 0 Å². The van der Waals surface area contributed by atoms with Crippen molar-refractivity contribution in [1.29, 1.82) is 0 Å². The van der Waals surface area contributed by atoms with Crippen molar-refractivity contribution in [2.75, 3.05) is 0 Å². The fourth-order valence-corrected chi connectivity index (χ4v) is 2.95. The summed E-state index contributed by atoms with van der Waals surface area (Å²) < 4.78 is 7.55. The summed E-state index contributed by atoms with van der Waals surface area (Å²) in [5.41, 5.74) is 3.94. The van der Waals surface area contributed by atoms with E-state index in [0.717, 1.165) is 28.2 Å². The number of hydrogen-bond donors (Lipinski definition) is 1. The monoisotopic (exact) mass is 296 g/mol. The number of imidazole rings is 1. The van der Waals surface area contributed by atoms with Crippen molar-refractivity contribution in [3.63, 3.8) is 0 Å². The summed E-state index contributed by atoms with van der Waals surface area (Å²) in [5.74, 6) is 1.31. The first-order chi connectivity index (χ1) is 10.3. The zero-order valence-electron chi connectivity index (χ0n) is 11.1. The molecule has 4 nitrogen and oxygen atoms in total. The van der Waals surface area contributed by atoms with E-state index in [2.05, 4.69) is 16.4 Å². The first kappa shape index (κ1) is 12.4. The summed E-state index contributed by atoms with van der Waals surface area (Å²) in [6, 6.07) is 9.65. The van der Waals surface area contributed by atoms with Crippen molar-refractivity contribution < 1.29 is 9.52 Å². The Labute approximate surface area is 124 Å². The molecule has 0 bridgehead atoms. The minimum Gasteiger partial charge on any atom is -0.459 e. The first-order valence-corrected chi connectivity index (χ1v) is 7.49. The molecule has 0 atom stereocenters. The lowest BCUT2D eigenvalue weighted by molar-refractivity contribution is 0.248. The van der Waals surface area contributed by atoms with Gasteiger partial charge in [-0.1, -0.05) is 0 Å². The smallest absolute Gasteiger partial charge is 0.137 e. The van der Waals surface area contributed by atoms with Gasteiger partial charge in [-0.2, -0.15) is 11.3 Å². The van der Waals surface area contributed by atoms with Crippen LogP contribution in [0.25, 0.3) is 28.2 Å². The molecule has 5 heteroatoms. The second-order valence-corrected chi connectivity index (χ2v) is 5.53. The quantitative estimate of drug-likeness (QED) is 0.625. The Morgan fingerprint density at radius 1 is 1.10 bits per heavy atom. The van der Waals surface area contributed by atoms with Gasteiger partial charge in [0.15, 0.2) is 0 Å². The molecule has 0 aliphatic carbocycles. The third-order valence-corrected chi connectivity index (χ3v) is 4.05. The van der Waals surface area contributed by atoms with Gasteiger partial charge in [-0.15, -0.1) is 0 Å². The molecule has 0 aliphatic heterocycles. The molecule has 0 radical (unpaired) electrons. The normalized spacial score (nSPS) is 11.3. The maximum atomic E-state index is 9.07. The van der Waals surface area contributed by atoms with Crippen LogP contribution in [0.2, 0.25) is 0 Å². The Hall–Kier alpha value is -2.37. The highest BCUT2D eigenvalue weighted by Crippen LogP contribution is 2.25. The van der Waals surface area contributed by atoms with Crippen molar-refractivity contribution in [2.45, 2.75) is 6.61 Å². The summed E-state index contributed by atoms with van der Waals surface area (Å²) in [6.07, 6.45) is 4.00. The molecular formula is C16H12N2O2S. The van der Waals surface area contributed by atoms with Crippen molar-refractivity contribution in [3.05, 3.63) is 59.2 Å². The van der Waals surface area contributed by atoms with E-state index in [-0.39, 0.29) is 6.61 Å². The summed E-state index contributed by atoms with van der Waals surface area (Å²) in [5, 5.41) is 13.2. The van der Waals surface area contributed by atoms with Gasteiger partial charge < -0.3 is 13.9 Å². The number of furan rings is 1. The molecule has 0 fully saturated rings. The molecule has 0 unspecified atom stereocenters. The summed E-state index contributed by atoms with van der Waals surface area (Å²) >= 11 is 1.66. The van der Waals surface area contributed by atoms with Crippen molar-refractivity contribution >= 4 is 17.0 Å². The van der Waals surface area contributed by atoms with E-state index in [1.807, 2.05) is 40.4 Å². The van der Waals surface area contributed by atoms with Crippen LogP contribution in [0, 0.1) is 0 Å². The molecule has 0 aromatic carbocycles. The minimum atomic E-state index is -0.0877. The lowest BCUT2D eigenvalue weighted by Crippen LogP contribution is -1.84. The van der Waals surface area contributed by atoms with E-state index in [1.54, 1.807) is 17.4 Å². The van der Waals surface area contributed by atoms with Crippen LogP contribution in [-0.4, -0.2) is 14.5 Å². The van der Waals surface area contributed by atoms with Crippen LogP contribution in [-0.2, 0) is 6.61 Å². The van der Waals surface area contributed by atoms with Gasteiger partial charge in [-0.05, 0) is 35.7 Å². The fraction of sp³-hybridized carbons (Fsp3) is 0.0625. The first-order valence-electron chi connectivity index (χ1n) is 6.55. The Morgan fingerprint density at radius 3 is 2.81 bits per heavy atom. The van der Waals surface area contributed by atoms with Gasteiger partial charge in [0.1, 0.15) is 23.8 Å². The largest absolute Gasteiger partial charge is 0.459 e. The van der Waals surface area contributed by atoms with E-state index in [4.69, 9.17) is 9.52 Å². The molecular weight excluding hydrogens is 284 g/mol. The molecule has 4 aromatic heterocycles. The van der Waals surface area contributed by atoms with Gasteiger partial charge in [0.05, 0.1) is 5.69 Å². The Morgan fingerprint density at radius 2 is 2.05 bits per heavy atom. The molecule has 4 rings (SSSR count). The maximum absolute atomic E-state index is 9.07. The predicted octanol–water partition coefficient (Wildman–Crippen LogP) is 3.82. The third kappa shape index (κ3) is 2.16. The lowest BCUT2D eigenvalue weighted by atomic mass is 10.2. The van der Waals surface area contributed by atoms with Gasteiger partial charge in [-0.3, -0.25) is 0 Å². The van der Waals surface area contributed by atoms with Crippen LogP contribution >= 0.6 is 11.3 Å². The standard InChI is InChI=1S/C16H12N2O2S/c19-9-13-2-3-15(20-13)11-1-4-16-17-14(8-18(16)7-11)12-5-6-21-10-12/h1-8,10,19H,9H2. The second kappa shape index (κ2) is 4.87. The molecule has 0 aliphatic rings. The highest BCUT2D eigenvalue weighted by molar-refractivity contribution is 7.08. The zero-order chi connectivity index (χ0) is 14.2. The topological polar surface area (TPSA) is 50.7 Å². The number of fused-ring (bicyclic) bond motifs is 1. The maximum Gasteiger partial charge on any atom is 0.137 e. The number of aliphatic hydroxyl groups is 1. The van der Waals surface area contributed by atoms with Crippen LogP contribution in [0.5, 0.6) is 0 Å². The van der Waals surface area contributed by atoms with Gasteiger partial charge in [0.2, 0.25) is 0 Å². The number of thiophene rings is 1. The van der Waals surface area contributed by atoms with E-state index in [0.29, 0.717) is 5.76 Å². The molecule has 0 saturated carbocycles. The van der Waals surface area contributed by atoms with Crippen LogP contribution < -0.4 is 0 Å². The van der Waals surface area contributed by atoms with Crippen LogP contribution in [0.4, 0.5) is 0 Å². The number of pyridine rings is 1. The molecule has 4 heterocycles. The zero-order valence-corrected chi connectivity index (χ0v) is 11.9. The molecule has 0 spiro atoms. The molecule has 4 aromatic rings. The van der Waals surface area contributed by atoms with E-state index in [1.165, 1.54) is 0 Å². The number of aromatic nitrogens is 2. The van der Waals surface area contributed by atoms with Crippen molar-refractivity contribution in [1.82, 2.24) is 9.38 Å². The summed E-state index contributed by atoms with van der Waals surface area (Å²) in [4.78, 5) is 4.61. The Kier molecular flexibility index (Phi) is 2.87. The van der Waals surface area contributed by atoms with E-state index < -0.39 is 0 Å². The highest BCUT2D eigenvalue weighted by atomic mass is 32.1. The minimum absolute atomic E-state index is 0.0877. The second-order valence-electron chi connectivity index (χ2n) is 4.75. The van der Waals surface area contributed by atoms with Gasteiger partial charge in [-0.25, -0.2) is 4.98 Å². The van der Waals surface area contributed by atoms with Gasteiger partial charge in [0, 0.05) is 28.9 Å². The SMILES string of the molecule is OCc1ccc(-c2ccc3nc(-c4ccsc4)cn3c2)o1. The number of rotatable bonds is 3. The number of aliphatic hydroxyl groups excluding tert-OH is 1. The Bertz CT molecular complexity index is 890.